The highest BCUT2D eigenvalue weighted by molar-refractivity contribution is 7.81. The molecule has 0 saturated heterocycles. The molecule has 0 amide bonds. The Morgan fingerprint density at radius 3 is 3.07 bits per heavy atom. The third kappa shape index (κ3) is 1.68. The largest absolute Gasteiger partial charge is 0.392 e. The van der Waals surface area contributed by atoms with Crippen molar-refractivity contribution in [3.63, 3.8) is 0 Å². The first-order valence-electron chi connectivity index (χ1n) is 4.26. The first kappa shape index (κ1) is 9.71. The van der Waals surface area contributed by atoms with Crippen LogP contribution in [0, 0.1) is 0 Å². The molecule has 2 nitrogen and oxygen atoms in total. The minimum Gasteiger partial charge on any atom is -0.392 e. The van der Waals surface area contributed by atoms with Gasteiger partial charge in [0.2, 0.25) is 0 Å². The number of hydrogen-bond acceptors (Lipinski definition) is 4. The quantitative estimate of drug-likeness (QED) is 0.780. The van der Waals surface area contributed by atoms with Crippen LogP contribution in [0.2, 0.25) is 0 Å². The molecule has 0 radical (unpaired) electrons. The fourth-order valence-electron chi connectivity index (χ4n) is 1.41. The van der Waals surface area contributed by atoms with E-state index in [1.54, 1.807) is 17.5 Å². The molecule has 1 aromatic rings. The molecular formula is C10H9NOS2. The number of aliphatic hydroxyl groups is 1. The van der Waals surface area contributed by atoms with Crippen molar-refractivity contribution < 1.29 is 5.11 Å². The maximum Gasteiger partial charge on any atom is 0.124 e. The summed E-state index contributed by atoms with van der Waals surface area (Å²) in [6.45, 7) is 0.0194. The molecule has 0 aliphatic heterocycles. The van der Waals surface area contributed by atoms with Crippen molar-refractivity contribution in [1.29, 1.82) is 0 Å². The van der Waals surface area contributed by atoms with Gasteiger partial charge < -0.3 is 5.11 Å². The molecule has 1 aliphatic carbocycles. The highest BCUT2D eigenvalue weighted by Gasteiger charge is 2.16. The molecule has 0 saturated carbocycles. The molecule has 0 bridgehead atoms. The summed E-state index contributed by atoms with van der Waals surface area (Å²) >= 11 is 6.82. The van der Waals surface area contributed by atoms with Gasteiger partial charge in [-0.25, -0.2) is 4.98 Å². The molecule has 4 heteroatoms. The second-order valence-corrected chi connectivity index (χ2v) is 4.31. The number of rotatable bonds is 2. The van der Waals surface area contributed by atoms with E-state index < -0.39 is 0 Å². The summed E-state index contributed by atoms with van der Waals surface area (Å²) in [7, 11) is 0. The average Bonchev–Trinajstić information content (AvgIpc) is 2.70. The lowest BCUT2D eigenvalue weighted by molar-refractivity contribution is 0.335. The van der Waals surface area contributed by atoms with Crippen molar-refractivity contribution in [3.05, 3.63) is 34.3 Å². The molecular weight excluding hydrogens is 214 g/mol. The van der Waals surface area contributed by atoms with E-state index in [-0.39, 0.29) is 6.61 Å². The van der Waals surface area contributed by atoms with Crippen molar-refractivity contribution in [2.75, 3.05) is 6.61 Å². The topological polar surface area (TPSA) is 33.1 Å². The summed E-state index contributed by atoms with van der Waals surface area (Å²) < 4.78 is 0. The average molecular weight is 223 g/mol. The lowest BCUT2D eigenvalue weighted by Gasteiger charge is -2.13. The van der Waals surface area contributed by atoms with Gasteiger partial charge in [-0.2, -0.15) is 0 Å². The molecule has 1 aromatic heterocycles. The Kier molecular flexibility index (Phi) is 2.86. The Morgan fingerprint density at radius 1 is 1.57 bits per heavy atom. The molecule has 1 heterocycles. The van der Waals surface area contributed by atoms with Crippen molar-refractivity contribution in [2.24, 2.45) is 0 Å². The van der Waals surface area contributed by atoms with Gasteiger partial charge in [-0.05, 0) is 5.57 Å². The summed E-state index contributed by atoms with van der Waals surface area (Å²) in [6.07, 6.45) is 6.42. The number of aromatic nitrogens is 1. The van der Waals surface area contributed by atoms with Gasteiger partial charge in [-0.15, -0.1) is 11.3 Å². The van der Waals surface area contributed by atoms with Crippen LogP contribution in [0.4, 0.5) is 0 Å². The zero-order chi connectivity index (χ0) is 9.97. The molecule has 0 fully saturated rings. The van der Waals surface area contributed by atoms with Crippen molar-refractivity contribution >= 4 is 34.0 Å². The van der Waals surface area contributed by atoms with E-state index in [2.05, 4.69) is 4.98 Å². The third-order valence-corrected chi connectivity index (χ3v) is 3.20. The highest BCUT2D eigenvalue weighted by atomic mass is 32.1. The number of nitrogens with zero attached hydrogens (tertiary/aromatic N) is 1. The minimum atomic E-state index is 0.0194. The van der Waals surface area contributed by atoms with E-state index in [0.29, 0.717) is 0 Å². The van der Waals surface area contributed by atoms with Crippen LogP contribution >= 0.6 is 23.6 Å². The van der Waals surface area contributed by atoms with Gasteiger partial charge in [0, 0.05) is 28.4 Å². The predicted octanol–water partition coefficient (Wildman–Crippen LogP) is 2.22. The number of aliphatic hydroxyl groups excluding tert-OH is 1. The summed E-state index contributed by atoms with van der Waals surface area (Å²) in [5.41, 5.74) is 1.82. The van der Waals surface area contributed by atoms with Crippen molar-refractivity contribution in [3.8, 4) is 0 Å². The van der Waals surface area contributed by atoms with E-state index in [0.717, 1.165) is 27.4 Å². The van der Waals surface area contributed by atoms with Crippen LogP contribution < -0.4 is 0 Å². The van der Waals surface area contributed by atoms with E-state index in [4.69, 9.17) is 12.2 Å². The minimum absolute atomic E-state index is 0.0194. The zero-order valence-electron chi connectivity index (χ0n) is 7.43. The van der Waals surface area contributed by atoms with E-state index >= 15 is 0 Å². The Hall–Kier alpha value is -0.840. The Bertz CT molecular complexity index is 404. The van der Waals surface area contributed by atoms with Gasteiger partial charge in [0.1, 0.15) is 5.01 Å². The molecule has 2 rings (SSSR count). The maximum absolute atomic E-state index is 9.19. The van der Waals surface area contributed by atoms with Gasteiger partial charge in [-0.3, -0.25) is 0 Å². The summed E-state index contributed by atoms with van der Waals surface area (Å²) in [4.78, 5) is 5.08. The molecule has 0 unspecified atom stereocenters. The highest BCUT2D eigenvalue weighted by Crippen LogP contribution is 2.27. The molecule has 14 heavy (non-hydrogen) atoms. The fraction of sp³-hybridized carbons (Fsp3) is 0.200. The molecule has 0 atom stereocenters. The lowest BCUT2D eigenvalue weighted by atomic mass is 9.98. The Balaban J connectivity index is 2.51. The summed E-state index contributed by atoms with van der Waals surface area (Å²) in [6, 6.07) is 0. The number of hydrogen-bond donors (Lipinski definition) is 1. The first-order chi connectivity index (χ1) is 6.83. The van der Waals surface area contributed by atoms with Crippen molar-refractivity contribution in [2.45, 2.75) is 6.42 Å². The maximum atomic E-state index is 9.19. The standard InChI is InChI=1S/C10H9NOS2/c12-6-7-2-1-3-8(13)9(7)10-11-4-5-14-10/h1-2,4-5,12H,3,6H2. The second-order valence-electron chi connectivity index (χ2n) is 2.93. The smallest absolute Gasteiger partial charge is 0.124 e. The number of thiocarbonyl (C=S) groups is 1. The SMILES string of the molecule is OCC1=C(c2nccs2)C(=S)CC=C1. The number of thiazole rings is 1. The normalized spacial score (nSPS) is 16.5. The third-order valence-electron chi connectivity index (χ3n) is 2.04. The van der Waals surface area contributed by atoms with Crippen molar-refractivity contribution in [1.82, 2.24) is 4.98 Å². The lowest BCUT2D eigenvalue weighted by Crippen LogP contribution is -2.07. The van der Waals surface area contributed by atoms with Gasteiger partial charge in [-0.1, -0.05) is 24.4 Å². The molecule has 1 N–H and O–H groups in total. The molecule has 1 aliphatic rings. The van der Waals surface area contributed by atoms with Gasteiger partial charge in [0.05, 0.1) is 6.61 Å². The van der Waals surface area contributed by atoms with E-state index in [1.807, 2.05) is 17.5 Å². The Labute approximate surface area is 91.6 Å². The molecule has 0 aromatic carbocycles. The van der Waals surface area contributed by atoms with Gasteiger partial charge >= 0.3 is 0 Å². The first-order valence-corrected chi connectivity index (χ1v) is 5.55. The van der Waals surface area contributed by atoms with Crippen LogP contribution in [-0.2, 0) is 0 Å². The summed E-state index contributed by atoms with van der Waals surface area (Å²) in [5.74, 6) is 0. The van der Waals surface area contributed by atoms with Crippen LogP contribution in [0.3, 0.4) is 0 Å². The van der Waals surface area contributed by atoms with Crippen LogP contribution in [0.1, 0.15) is 11.4 Å². The van der Waals surface area contributed by atoms with Crippen LogP contribution in [0.15, 0.2) is 29.3 Å². The molecule has 72 valence electrons. The van der Waals surface area contributed by atoms with Crippen LogP contribution in [-0.4, -0.2) is 21.6 Å². The van der Waals surface area contributed by atoms with E-state index in [1.165, 1.54) is 0 Å². The summed E-state index contributed by atoms with van der Waals surface area (Å²) in [5, 5.41) is 12.0. The van der Waals surface area contributed by atoms with E-state index in [9.17, 15) is 5.11 Å². The number of allylic oxidation sites excluding steroid dienone is 2. The van der Waals surface area contributed by atoms with Gasteiger partial charge in [0.25, 0.3) is 0 Å². The molecule has 0 spiro atoms. The van der Waals surface area contributed by atoms with Crippen LogP contribution in [0.25, 0.3) is 5.57 Å². The second kappa shape index (κ2) is 4.13. The van der Waals surface area contributed by atoms with Crippen LogP contribution in [0.5, 0.6) is 0 Å². The fourth-order valence-corrected chi connectivity index (χ4v) is 2.54. The Morgan fingerprint density at radius 2 is 2.43 bits per heavy atom. The zero-order valence-corrected chi connectivity index (χ0v) is 9.07. The predicted molar refractivity (Wildman–Crippen MR) is 62.5 cm³/mol. The monoisotopic (exact) mass is 223 g/mol. The van der Waals surface area contributed by atoms with Gasteiger partial charge in [0.15, 0.2) is 0 Å².